The average Bonchev–Trinajstić information content (AvgIpc) is 3.08. The van der Waals surface area contributed by atoms with E-state index in [1.807, 2.05) is 29.6 Å². The molecule has 0 aliphatic heterocycles. The van der Waals surface area contributed by atoms with Gasteiger partial charge in [0.05, 0.1) is 11.4 Å². The van der Waals surface area contributed by atoms with Gasteiger partial charge >= 0.3 is 0 Å². The van der Waals surface area contributed by atoms with E-state index >= 15 is 0 Å². The summed E-state index contributed by atoms with van der Waals surface area (Å²) in [6, 6.07) is 17.0. The summed E-state index contributed by atoms with van der Waals surface area (Å²) in [5.74, 6) is 0. The smallest absolute Gasteiger partial charge is 0.196 e. The Morgan fingerprint density at radius 1 is 1.17 bits per heavy atom. The van der Waals surface area contributed by atoms with Crippen LogP contribution < -0.4 is 5.43 Å². The quantitative estimate of drug-likeness (QED) is 0.446. The van der Waals surface area contributed by atoms with Crippen molar-refractivity contribution in [2.75, 3.05) is 5.43 Å². The molecule has 3 aromatic rings. The molecule has 3 rings (SSSR count). The van der Waals surface area contributed by atoms with E-state index in [2.05, 4.69) is 37.5 Å². The van der Waals surface area contributed by atoms with E-state index < -0.39 is 0 Å². The van der Waals surface area contributed by atoms with E-state index in [0.717, 1.165) is 21.4 Å². The van der Waals surface area contributed by atoms with Gasteiger partial charge in [-0.3, -0.25) is 5.43 Å². The molecule has 0 fully saturated rings. The van der Waals surface area contributed by atoms with Crippen LogP contribution in [0.25, 0.3) is 11.3 Å². The highest BCUT2D eigenvalue weighted by atomic mass is 79.9. The molecule has 118 valence electrons. The maximum absolute atomic E-state index is 9.34. The molecule has 0 saturated carbocycles. The van der Waals surface area contributed by atoms with Crippen LogP contribution in [0.2, 0.25) is 5.02 Å². The van der Waals surface area contributed by atoms with Crippen LogP contribution in [-0.4, -0.2) is 10.7 Å². The van der Waals surface area contributed by atoms with Gasteiger partial charge < -0.3 is 0 Å². The fourth-order valence-corrected chi connectivity index (χ4v) is 3.06. The maximum atomic E-state index is 9.34. The van der Waals surface area contributed by atoms with Crippen LogP contribution in [0, 0.1) is 11.3 Å². The molecule has 2 aromatic carbocycles. The van der Waals surface area contributed by atoms with Crippen molar-refractivity contribution in [1.82, 2.24) is 4.98 Å². The highest BCUT2D eigenvalue weighted by molar-refractivity contribution is 9.10. The molecule has 24 heavy (non-hydrogen) atoms. The predicted octanol–water partition coefficient (Wildman–Crippen LogP) is 5.57. The second-order valence-electron chi connectivity index (χ2n) is 4.74. The summed E-state index contributed by atoms with van der Waals surface area (Å²) >= 11 is 10.6. The van der Waals surface area contributed by atoms with Gasteiger partial charge in [-0.1, -0.05) is 39.7 Å². The molecular weight excluding hydrogens is 408 g/mol. The summed E-state index contributed by atoms with van der Waals surface area (Å²) in [4.78, 5) is 4.50. The number of halogens is 2. The van der Waals surface area contributed by atoms with Gasteiger partial charge in [-0.25, -0.2) is 4.98 Å². The second-order valence-corrected chi connectivity index (χ2v) is 6.95. The largest absolute Gasteiger partial charge is 0.277 e. The van der Waals surface area contributed by atoms with Gasteiger partial charge in [-0.05, 0) is 36.4 Å². The van der Waals surface area contributed by atoms with E-state index in [4.69, 9.17) is 11.6 Å². The van der Waals surface area contributed by atoms with Crippen molar-refractivity contribution >= 4 is 50.3 Å². The molecule has 1 aromatic heterocycles. The summed E-state index contributed by atoms with van der Waals surface area (Å²) in [5, 5.41) is 16.6. The van der Waals surface area contributed by atoms with Gasteiger partial charge in [-0.15, -0.1) is 11.3 Å². The van der Waals surface area contributed by atoms with E-state index in [1.54, 1.807) is 24.3 Å². The van der Waals surface area contributed by atoms with Crippen LogP contribution in [0.3, 0.4) is 0 Å². The molecule has 0 atom stereocenters. The van der Waals surface area contributed by atoms with Crippen molar-refractivity contribution in [2.24, 2.45) is 5.10 Å². The molecule has 0 aliphatic rings. The number of thiazole rings is 1. The van der Waals surface area contributed by atoms with Crippen molar-refractivity contribution in [2.45, 2.75) is 0 Å². The number of hydrogen-bond acceptors (Lipinski definition) is 5. The summed E-state index contributed by atoms with van der Waals surface area (Å²) in [7, 11) is 0. The maximum Gasteiger partial charge on any atom is 0.196 e. The zero-order chi connectivity index (χ0) is 16.9. The molecule has 0 saturated heterocycles. The van der Waals surface area contributed by atoms with Crippen molar-refractivity contribution in [3.05, 3.63) is 68.4 Å². The number of nitrogens with one attached hydrogen (secondary N) is 1. The van der Waals surface area contributed by atoms with Crippen LogP contribution in [0.1, 0.15) is 5.01 Å². The summed E-state index contributed by atoms with van der Waals surface area (Å²) in [5.41, 5.74) is 5.63. The first kappa shape index (κ1) is 16.7. The first-order valence-electron chi connectivity index (χ1n) is 6.87. The Morgan fingerprint density at radius 3 is 2.54 bits per heavy atom. The van der Waals surface area contributed by atoms with E-state index in [-0.39, 0.29) is 5.71 Å². The number of nitrogens with zero attached hydrogens (tertiary/aromatic N) is 3. The molecule has 4 nitrogen and oxygen atoms in total. The number of nitriles is 1. The van der Waals surface area contributed by atoms with Crippen molar-refractivity contribution < 1.29 is 0 Å². The van der Waals surface area contributed by atoms with Crippen molar-refractivity contribution in [1.29, 1.82) is 5.26 Å². The Labute approximate surface area is 156 Å². The molecule has 0 unspecified atom stereocenters. The summed E-state index contributed by atoms with van der Waals surface area (Å²) in [6.07, 6.45) is 0. The number of hydrogen-bond donors (Lipinski definition) is 1. The topological polar surface area (TPSA) is 61.1 Å². The minimum atomic E-state index is 0.235. The highest BCUT2D eigenvalue weighted by Crippen LogP contribution is 2.24. The summed E-state index contributed by atoms with van der Waals surface area (Å²) in [6.45, 7) is 0. The normalized spacial score (nSPS) is 11.1. The Balaban J connectivity index is 1.81. The van der Waals surface area contributed by atoms with Gasteiger partial charge in [0, 0.05) is 20.4 Å². The SMILES string of the molecule is N#C/C(=N\Nc1ccc(Cl)cc1)c1nc(-c2ccc(Br)cc2)cs1. The van der Waals surface area contributed by atoms with Crippen molar-refractivity contribution in [3.63, 3.8) is 0 Å². The van der Waals surface area contributed by atoms with Gasteiger partial charge in [0.25, 0.3) is 0 Å². The van der Waals surface area contributed by atoms with Crippen molar-refractivity contribution in [3.8, 4) is 17.3 Å². The Hall–Kier alpha value is -2.20. The number of aromatic nitrogens is 1. The van der Waals surface area contributed by atoms with E-state index in [9.17, 15) is 5.26 Å². The minimum absolute atomic E-state index is 0.235. The highest BCUT2D eigenvalue weighted by Gasteiger charge is 2.10. The predicted molar refractivity (Wildman–Crippen MR) is 102 cm³/mol. The lowest BCUT2D eigenvalue weighted by molar-refractivity contribution is 1.31. The number of anilines is 1. The van der Waals surface area contributed by atoms with Crippen LogP contribution in [0.15, 0.2) is 63.5 Å². The van der Waals surface area contributed by atoms with Gasteiger partial charge in [0.2, 0.25) is 0 Å². The monoisotopic (exact) mass is 416 g/mol. The zero-order valence-corrected chi connectivity index (χ0v) is 15.4. The molecule has 0 bridgehead atoms. The minimum Gasteiger partial charge on any atom is -0.277 e. The fraction of sp³-hybridized carbons (Fsp3) is 0. The molecule has 0 spiro atoms. The van der Waals surface area contributed by atoms with Crippen LogP contribution in [0.4, 0.5) is 5.69 Å². The molecular formula is C17H10BrClN4S. The lowest BCUT2D eigenvalue weighted by Gasteiger charge is -2.00. The Morgan fingerprint density at radius 2 is 1.88 bits per heavy atom. The van der Waals surface area contributed by atoms with Crippen LogP contribution >= 0.6 is 38.9 Å². The molecule has 0 amide bonds. The average molecular weight is 418 g/mol. The second kappa shape index (κ2) is 7.58. The molecule has 0 aliphatic carbocycles. The molecule has 1 N–H and O–H groups in total. The van der Waals surface area contributed by atoms with Crippen LogP contribution in [-0.2, 0) is 0 Å². The fourth-order valence-electron chi connectivity index (χ4n) is 1.90. The van der Waals surface area contributed by atoms with Gasteiger partial charge in [0.15, 0.2) is 10.7 Å². The number of rotatable bonds is 4. The number of benzene rings is 2. The van der Waals surface area contributed by atoms with Gasteiger partial charge in [0.1, 0.15) is 6.07 Å². The van der Waals surface area contributed by atoms with Crippen LogP contribution in [0.5, 0.6) is 0 Å². The van der Waals surface area contributed by atoms with Gasteiger partial charge in [-0.2, -0.15) is 10.4 Å². The third-order valence-corrected chi connectivity index (χ3v) is 4.72. The molecule has 0 radical (unpaired) electrons. The summed E-state index contributed by atoms with van der Waals surface area (Å²) < 4.78 is 1.01. The standard InChI is InChI=1S/C17H10BrClN4S/c18-12-3-1-11(2-4-12)16-10-24-17(21-16)15(9-20)23-22-14-7-5-13(19)6-8-14/h1-8,10,22H/b23-15+. The Bertz CT molecular complexity index is 911. The van der Waals surface area contributed by atoms with E-state index in [1.165, 1.54) is 11.3 Å². The first-order chi connectivity index (χ1) is 11.7. The van der Waals surface area contributed by atoms with E-state index in [0.29, 0.717) is 10.0 Å². The lowest BCUT2D eigenvalue weighted by Crippen LogP contribution is -2.01. The molecule has 1 heterocycles. The Kier molecular flexibility index (Phi) is 5.26. The zero-order valence-electron chi connectivity index (χ0n) is 12.2. The molecule has 7 heteroatoms. The third kappa shape index (κ3) is 4.01. The third-order valence-electron chi connectivity index (χ3n) is 3.09. The lowest BCUT2D eigenvalue weighted by atomic mass is 10.2. The first-order valence-corrected chi connectivity index (χ1v) is 8.92. The number of hydrazone groups is 1.